The second kappa shape index (κ2) is 6.85. The van der Waals surface area contributed by atoms with E-state index in [4.69, 9.17) is 24.1 Å². The molecule has 8 atom stereocenters. The van der Waals surface area contributed by atoms with Crippen LogP contribution in [0.25, 0.3) is 0 Å². The van der Waals surface area contributed by atoms with Gasteiger partial charge in [-0.3, -0.25) is 0 Å². The molecular weight excluding hydrogens is 644 g/mol. The van der Waals surface area contributed by atoms with Gasteiger partial charge in [-0.15, -0.1) is 0 Å². The number of fused-ring (bicyclic) bond motifs is 4. The zero-order valence-corrected chi connectivity index (χ0v) is 20.0. The van der Waals surface area contributed by atoms with Gasteiger partial charge in [-0.25, -0.2) is 0 Å². The van der Waals surface area contributed by atoms with E-state index < -0.39 is 114 Å². The van der Waals surface area contributed by atoms with Gasteiger partial charge in [0.1, 0.15) is 0 Å². The molecule has 5 rings (SSSR count). The average molecular weight is 658 g/mol. The molecule has 4 N–H and O–H groups in total. The standard InChI is InChI=1S/2C6H8O8.2Sb.2H/c2*7-1(3(9)5(11)12)2(8)4(10)6(13)14;;;;/h2*1-4,7-8H,(H,11,12)(H,13,14);;;;/q2*-2;2*+4;;/p-4. The van der Waals surface area contributed by atoms with Crippen LogP contribution in [-0.4, -0.2) is 134 Å². The van der Waals surface area contributed by atoms with Crippen LogP contribution in [0.2, 0.25) is 0 Å². The fraction of sp³-hybridized carbons (Fsp3) is 0.667. The van der Waals surface area contributed by atoms with Gasteiger partial charge in [0, 0.05) is 0 Å². The molecule has 16 nitrogen and oxygen atoms in total. The fourth-order valence-corrected chi connectivity index (χ4v) is 15.4. The molecule has 0 radical (unpaired) electrons. The van der Waals surface area contributed by atoms with Gasteiger partial charge in [-0.2, -0.15) is 0 Å². The van der Waals surface area contributed by atoms with E-state index in [0.29, 0.717) is 0 Å². The number of hydrogen-bond donors (Lipinski definition) is 4. The molecule has 18 heteroatoms. The topological polar surface area (TPSA) is 223 Å². The molecular formula is C12H14O16Sb2. The number of aliphatic hydroxyl groups excluding tert-OH is 4. The van der Waals surface area contributed by atoms with E-state index >= 15 is 0 Å². The van der Waals surface area contributed by atoms with Crippen LogP contribution in [0, 0.1) is 0 Å². The predicted octanol–water partition coefficient (Wildman–Crippen LogP) is -6.45. The summed E-state index contributed by atoms with van der Waals surface area (Å²) in [7, 11) is 0. The Hall–Kier alpha value is -0.804. The maximum atomic E-state index is 12.2. The van der Waals surface area contributed by atoms with Crippen molar-refractivity contribution < 1.29 is 63.7 Å². The van der Waals surface area contributed by atoms with E-state index in [9.17, 15) is 39.6 Å². The summed E-state index contributed by atoms with van der Waals surface area (Å²) in [5.41, 5.74) is 0. The second-order valence-corrected chi connectivity index (χ2v) is 17.5. The molecule has 8 unspecified atom stereocenters. The predicted molar refractivity (Wildman–Crippen MR) is 82.2 cm³/mol. The first-order valence-electron chi connectivity index (χ1n) is 8.40. The van der Waals surface area contributed by atoms with Crippen LogP contribution in [0.1, 0.15) is 0 Å². The number of hydrogen-bond acceptors (Lipinski definition) is 16. The van der Waals surface area contributed by atoms with Crippen LogP contribution in [-0.2, 0) is 43.3 Å². The Labute approximate surface area is 176 Å². The van der Waals surface area contributed by atoms with Crippen LogP contribution in [0.15, 0.2) is 0 Å². The monoisotopic (exact) mass is 656 g/mol. The summed E-state index contributed by atoms with van der Waals surface area (Å²) in [5.74, 6) is -5.04. The third kappa shape index (κ3) is 2.98. The Morgan fingerprint density at radius 2 is 0.667 bits per heavy atom. The zero-order valence-electron chi connectivity index (χ0n) is 14.3. The number of rotatable bonds is 0. The van der Waals surface area contributed by atoms with Gasteiger partial charge in [0.05, 0.1) is 0 Å². The normalized spacial score (nSPS) is 48.1. The number of carbonyl (C=O) groups is 4. The van der Waals surface area contributed by atoms with E-state index in [2.05, 4.69) is 0 Å². The van der Waals surface area contributed by atoms with Crippen molar-refractivity contribution in [2.75, 3.05) is 0 Å². The Balaban J connectivity index is 1.55. The van der Waals surface area contributed by atoms with Crippen LogP contribution < -0.4 is 0 Å². The molecule has 5 fully saturated rings. The van der Waals surface area contributed by atoms with Gasteiger partial charge in [0.15, 0.2) is 0 Å². The molecule has 0 amide bonds. The summed E-state index contributed by atoms with van der Waals surface area (Å²) in [6, 6.07) is 0. The molecule has 168 valence electrons. The first-order chi connectivity index (χ1) is 14.0. The van der Waals surface area contributed by atoms with Crippen molar-refractivity contribution >= 4 is 64.8 Å². The molecule has 30 heavy (non-hydrogen) atoms. The first-order valence-corrected chi connectivity index (χ1v) is 17.7. The van der Waals surface area contributed by atoms with Crippen molar-refractivity contribution in [2.45, 2.75) is 48.8 Å². The Morgan fingerprint density at radius 3 is 0.867 bits per heavy atom. The SMILES string of the molecule is O=C1[O][SbH]23[O]C(=O)C([O]2)C(O)C(O)C2[O][SbH]4([O]C(=O)C([O]4)C(O)C(O)C1[O]3)[O]C2=O. The second-order valence-electron chi connectivity index (χ2n) is 6.80. The van der Waals surface area contributed by atoms with Crippen molar-refractivity contribution in [3.8, 4) is 0 Å². The molecule has 0 aliphatic carbocycles. The third-order valence-corrected chi connectivity index (χ3v) is 16.2. The van der Waals surface area contributed by atoms with Gasteiger partial charge in [-0.1, -0.05) is 0 Å². The molecule has 2 spiro atoms. The fourth-order valence-electron chi connectivity index (χ4n) is 3.38. The van der Waals surface area contributed by atoms with Crippen LogP contribution in [0.3, 0.4) is 0 Å². The summed E-state index contributed by atoms with van der Waals surface area (Å²) in [4.78, 5) is 48.6. The Bertz CT molecular complexity index is 710. The first kappa shape index (κ1) is 21.1. The molecule has 0 aromatic carbocycles. The van der Waals surface area contributed by atoms with Crippen molar-refractivity contribution in [3.63, 3.8) is 0 Å². The van der Waals surface area contributed by atoms with Crippen molar-refractivity contribution in [1.82, 2.24) is 0 Å². The average Bonchev–Trinajstić information content (AvgIpc) is 3.37. The van der Waals surface area contributed by atoms with Crippen molar-refractivity contribution in [1.29, 1.82) is 0 Å². The van der Waals surface area contributed by atoms with E-state index in [-0.39, 0.29) is 0 Å². The molecule has 6 bridgehead atoms. The molecule has 0 aromatic heterocycles. The minimum atomic E-state index is -5.47. The molecule has 5 saturated heterocycles. The number of carbonyl (C=O) groups excluding carboxylic acids is 4. The van der Waals surface area contributed by atoms with Crippen LogP contribution >= 0.6 is 0 Å². The van der Waals surface area contributed by atoms with Gasteiger partial charge in [0.25, 0.3) is 0 Å². The molecule has 5 aliphatic heterocycles. The minimum absolute atomic E-state index is 1.26. The summed E-state index contributed by atoms with van der Waals surface area (Å²) in [5, 5.41) is 41.4. The van der Waals surface area contributed by atoms with Gasteiger partial charge < -0.3 is 0 Å². The number of aliphatic hydroxyl groups is 4. The Morgan fingerprint density at radius 1 is 0.467 bits per heavy atom. The van der Waals surface area contributed by atoms with E-state index in [1.807, 2.05) is 0 Å². The van der Waals surface area contributed by atoms with Gasteiger partial charge in [0.2, 0.25) is 0 Å². The van der Waals surface area contributed by atoms with E-state index in [1.54, 1.807) is 0 Å². The van der Waals surface area contributed by atoms with Crippen LogP contribution in [0.5, 0.6) is 0 Å². The van der Waals surface area contributed by atoms with Gasteiger partial charge in [-0.05, 0) is 0 Å². The summed E-state index contributed by atoms with van der Waals surface area (Å²) >= 11 is -10.9. The van der Waals surface area contributed by atoms with E-state index in [0.717, 1.165) is 0 Å². The van der Waals surface area contributed by atoms with Crippen molar-refractivity contribution in [2.24, 2.45) is 0 Å². The zero-order chi connectivity index (χ0) is 21.6. The quantitative estimate of drug-likeness (QED) is 0.178. The van der Waals surface area contributed by atoms with E-state index in [1.165, 1.54) is 0 Å². The summed E-state index contributed by atoms with van der Waals surface area (Å²) in [6.07, 6.45) is -16.3. The summed E-state index contributed by atoms with van der Waals surface area (Å²) in [6.45, 7) is 0. The van der Waals surface area contributed by atoms with Gasteiger partial charge >= 0.3 is 177 Å². The molecule has 5 aliphatic rings. The summed E-state index contributed by atoms with van der Waals surface area (Å²) < 4.78 is 40.4. The Kier molecular flexibility index (Phi) is 4.81. The third-order valence-electron chi connectivity index (χ3n) is 4.86. The van der Waals surface area contributed by atoms with Crippen LogP contribution in [0.4, 0.5) is 0 Å². The molecule has 5 heterocycles. The molecule has 0 saturated carbocycles. The molecule has 0 aromatic rings. The maximum absolute atomic E-state index is 12.2. The van der Waals surface area contributed by atoms with Crippen molar-refractivity contribution in [3.05, 3.63) is 0 Å².